The summed E-state index contributed by atoms with van der Waals surface area (Å²) in [6.45, 7) is 2.38. The van der Waals surface area contributed by atoms with Gasteiger partial charge < -0.3 is 15.0 Å². The quantitative estimate of drug-likeness (QED) is 0.844. The highest BCUT2D eigenvalue weighted by Crippen LogP contribution is 2.29. The molecule has 3 rings (SSSR count). The zero-order valence-corrected chi connectivity index (χ0v) is 10.7. The molecular weight excluding hydrogens is 247 g/mol. The van der Waals surface area contributed by atoms with Crippen molar-refractivity contribution in [2.24, 2.45) is 0 Å². The van der Waals surface area contributed by atoms with E-state index in [9.17, 15) is 9.18 Å². The molecule has 0 bridgehead atoms. The Balaban J connectivity index is 1.76. The maximum absolute atomic E-state index is 13.1. The van der Waals surface area contributed by atoms with Crippen molar-refractivity contribution >= 4 is 11.6 Å². The zero-order chi connectivity index (χ0) is 13.2. The van der Waals surface area contributed by atoms with E-state index in [1.807, 2.05) is 6.07 Å². The fraction of sp³-hybridized carbons (Fsp3) is 0.500. The van der Waals surface area contributed by atoms with Crippen LogP contribution in [0.3, 0.4) is 0 Å². The molecule has 1 aromatic carbocycles. The molecular formula is C14H17FN2O2. The van der Waals surface area contributed by atoms with Crippen LogP contribution in [-0.4, -0.2) is 43.2 Å². The number of hydrogen-bond donors (Lipinski definition) is 1. The summed E-state index contributed by atoms with van der Waals surface area (Å²) in [6, 6.07) is 5.43. The lowest BCUT2D eigenvalue weighted by molar-refractivity contribution is 0.0666. The summed E-state index contributed by atoms with van der Waals surface area (Å²) in [4.78, 5) is 14.0. The highest BCUT2D eigenvalue weighted by atomic mass is 19.1. The van der Waals surface area contributed by atoms with E-state index in [0.29, 0.717) is 38.1 Å². The van der Waals surface area contributed by atoms with Gasteiger partial charge in [0.15, 0.2) is 0 Å². The predicted octanol–water partition coefficient (Wildman–Crippen LogP) is 2.06. The third kappa shape index (κ3) is 2.50. The van der Waals surface area contributed by atoms with Gasteiger partial charge >= 0.3 is 0 Å². The molecule has 1 N–H and O–H groups in total. The van der Waals surface area contributed by atoms with Crippen LogP contribution in [0.5, 0.6) is 5.75 Å². The number of nitrogens with zero attached hydrogens (tertiary/aromatic N) is 1. The van der Waals surface area contributed by atoms with Crippen molar-refractivity contribution < 1.29 is 13.9 Å². The first-order chi connectivity index (χ1) is 9.24. The smallest absolute Gasteiger partial charge is 0.253 e. The number of hydrogen-bond acceptors (Lipinski definition) is 3. The Morgan fingerprint density at radius 2 is 2.16 bits per heavy atom. The van der Waals surface area contributed by atoms with Gasteiger partial charge in [-0.1, -0.05) is 0 Å². The minimum atomic E-state index is -0.764. The van der Waals surface area contributed by atoms with Crippen LogP contribution in [0.1, 0.15) is 23.2 Å². The Bertz CT molecular complexity index is 484. The molecule has 0 saturated carbocycles. The van der Waals surface area contributed by atoms with Gasteiger partial charge in [0.05, 0.1) is 5.69 Å². The summed E-state index contributed by atoms with van der Waals surface area (Å²) < 4.78 is 18.6. The molecule has 1 saturated heterocycles. The van der Waals surface area contributed by atoms with Crippen LogP contribution >= 0.6 is 0 Å². The van der Waals surface area contributed by atoms with Gasteiger partial charge in [0.1, 0.15) is 18.5 Å². The summed E-state index contributed by atoms with van der Waals surface area (Å²) in [5.74, 6) is 0.682. The Morgan fingerprint density at radius 3 is 2.95 bits per heavy atom. The predicted molar refractivity (Wildman–Crippen MR) is 70.5 cm³/mol. The average molecular weight is 264 g/mol. The van der Waals surface area contributed by atoms with Crippen molar-refractivity contribution in [2.45, 2.75) is 19.0 Å². The molecule has 4 nitrogen and oxygen atoms in total. The third-order valence-corrected chi connectivity index (χ3v) is 3.62. The van der Waals surface area contributed by atoms with Crippen molar-refractivity contribution in [1.29, 1.82) is 0 Å². The minimum absolute atomic E-state index is 0.0381. The van der Waals surface area contributed by atoms with Gasteiger partial charge in [0.2, 0.25) is 0 Å². The summed E-state index contributed by atoms with van der Waals surface area (Å²) >= 11 is 0. The van der Waals surface area contributed by atoms with Crippen molar-refractivity contribution in [1.82, 2.24) is 4.90 Å². The number of benzene rings is 1. The number of nitrogens with one attached hydrogen (secondary N) is 1. The van der Waals surface area contributed by atoms with Crippen molar-refractivity contribution in [3.63, 3.8) is 0 Å². The molecule has 2 aliphatic rings. The number of carbonyl (C=O) groups is 1. The molecule has 2 heterocycles. The van der Waals surface area contributed by atoms with Gasteiger partial charge in [0, 0.05) is 25.2 Å². The number of fused-ring (bicyclic) bond motifs is 1. The van der Waals surface area contributed by atoms with Crippen LogP contribution in [0.25, 0.3) is 0 Å². The number of ether oxygens (including phenoxy) is 1. The molecule has 0 spiro atoms. The summed E-state index contributed by atoms with van der Waals surface area (Å²) in [7, 11) is 0. The van der Waals surface area contributed by atoms with Crippen LogP contribution in [0.15, 0.2) is 18.2 Å². The molecule has 0 radical (unpaired) electrons. The molecule has 1 fully saturated rings. The van der Waals surface area contributed by atoms with E-state index in [4.69, 9.17) is 4.74 Å². The standard InChI is InChI=1S/C14H17FN2O2/c15-11-3-6-17(7-4-11)14(18)10-1-2-12-13(9-10)19-8-5-16-12/h1-2,9,11,16H,3-8H2. The topological polar surface area (TPSA) is 41.6 Å². The van der Waals surface area contributed by atoms with E-state index >= 15 is 0 Å². The lowest BCUT2D eigenvalue weighted by atomic mass is 10.1. The van der Waals surface area contributed by atoms with Gasteiger partial charge in [-0.15, -0.1) is 0 Å². The molecule has 1 aromatic rings. The maximum Gasteiger partial charge on any atom is 0.253 e. The SMILES string of the molecule is O=C(c1ccc2c(c1)OCCN2)N1CCC(F)CC1. The Morgan fingerprint density at radius 1 is 1.37 bits per heavy atom. The minimum Gasteiger partial charge on any atom is -0.490 e. The van der Waals surface area contributed by atoms with Crippen molar-refractivity contribution in [3.8, 4) is 5.75 Å². The number of piperidine rings is 1. The molecule has 0 atom stereocenters. The number of amides is 1. The first-order valence-corrected chi connectivity index (χ1v) is 6.68. The second kappa shape index (κ2) is 5.07. The Labute approximate surface area is 111 Å². The number of alkyl halides is 1. The highest BCUT2D eigenvalue weighted by molar-refractivity contribution is 5.95. The van der Waals surface area contributed by atoms with E-state index in [1.165, 1.54) is 0 Å². The van der Waals surface area contributed by atoms with Crippen molar-refractivity contribution in [2.75, 3.05) is 31.6 Å². The van der Waals surface area contributed by atoms with E-state index in [2.05, 4.69) is 5.32 Å². The van der Waals surface area contributed by atoms with Crippen LogP contribution in [0.4, 0.5) is 10.1 Å². The maximum atomic E-state index is 13.1. The fourth-order valence-corrected chi connectivity index (χ4v) is 2.50. The number of anilines is 1. The van der Waals surface area contributed by atoms with E-state index in [1.54, 1.807) is 17.0 Å². The van der Waals surface area contributed by atoms with Crippen LogP contribution < -0.4 is 10.1 Å². The largest absolute Gasteiger partial charge is 0.490 e. The molecule has 19 heavy (non-hydrogen) atoms. The van der Waals surface area contributed by atoms with E-state index < -0.39 is 6.17 Å². The molecule has 102 valence electrons. The lowest BCUT2D eigenvalue weighted by Crippen LogP contribution is -2.39. The van der Waals surface area contributed by atoms with Crippen molar-refractivity contribution in [3.05, 3.63) is 23.8 Å². The molecule has 1 amide bonds. The molecule has 2 aliphatic heterocycles. The molecule has 0 aliphatic carbocycles. The second-order valence-corrected chi connectivity index (χ2v) is 4.95. The third-order valence-electron chi connectivity index (χ3n) is 3.62. The van der Waals surface area contributed by atoms with E-state index in [0.717, 1.165) is 18.0 Å². The first-order valence-electron chi connectivity index (χ1n) is 6.68. The number of likely N-dealkylation sites (tertiary alicyclic amines) is 1. The van der Waals surface area contributed by atoms with Gasteiger partial charge in [-0.05, 0) is 31.0 Å². The molecule has 5 heteroatoms. The van der Waals surface area contributed by atoms with Crippen LogP contribution in [0.2, 0.25) is 0 Å². The second-order valence-electron chi connectivity index (χ2n) is 4.95. The zero-order valence-electron chi connectivity index (χ0n) is 10.7. The number of rotatable bonds is 1. The molecule has 0 aromatic heterocycles. The summed E-state index contributed by atoms with van der Waals surface area (Å²) in [5.41, 5.74) is 1.53. The lowest BCUT2D eigenvalue weighted by Gasteiger charge is -2.29. The van der Waals surface area contributed by atoms with Gasteiger partial charge in [0.25, 0.3) is 5.91 Å². The average Bonchev–Trinajstić information content (AvgIpc) is 2.47. The summed E-state index contributed by atoms with van der Waals surface area (Å²) in [6.07, 6.45) is 0.115. The first kappa shape index (κ1) is 12.3. The number of carbonyl (C=O) groups excluding carboxylic acids is 1. The van der Waals surface area contributed by atoms with Gasteiger partial charge in [-0.2, -0.15) is 0 Å². The van der Waals surface area contributed by atoms with Crippen LogP contribution in [0, 0.1) is 0 Å². The summed E-state index contributed by atoms with van der Waals surface area (Å²) in [5, 5.41) is 3.21. The van der Waals surface area contributed by atoms with E-state index in [-0.39, 0.29) is 5.91 Å². The fourth-order valence-electron chi connectivity index (χ4n) is 2.50. The van der Waals surface area contributed by atoms with Gasteiger partial charge in [-0.25, -0.2) is 4.39 Å². The Hall–Kier alpha value is -1.78. The Kier molecular flexibility index (Phi) is 3.27. The van der Waals surface area contributed by atoms with Crippen LogP contribution in [-0.2, 0) is 0 Å². The molecule has 0 unspecified atom stereocenters. The monoisotopic (exact) mass is 264 g/mol. The number of halogens is 1. The highest BCUT2D eigenvalue weighted by Gasteiger charge is 2.24. The van der Waals surface area contributed by atoms with Gasteiger partial charge in [-0.3, -0.25) is 4.79 Å². The normalized spacial score (nSPS) is 19.3.